The first-order chi connectivity index (χ1) is 18.3. The summed E-state index contributed by atoms with van der Waals surface area (Å²) in [5, 5.41) is 11.0. The molecule has 0 spiro atoms. The molecule has 3 aromatic carbocycles. The van der Waals surface area contributed by atoms with Gasteiger partial charge in [-0.25, -0.2) is 4.39 Å². The molecule has 2 N–H and O–H groups in total. The van der Waals surface area contributed by atoms with Gasteiger partial charge in [-0.05, 0) is 97.5 Å². The molecule has 1 aliphatic heterocycles. The molecule has 1 atom stereocenters. The molecule has 2 aliphatic rings. The molecule has 0 aromatic heterocycles. The Morgan fingerprint density at radius 1 is 1.08 bits per heavy atom. The fraction of sp³-hybridized carbons (Fsp3) is 0.226. The summed E-state index contributed by atoms with van der Waals surface area (Å²) in [5.41, 5.74) is 12.7. The summed E-state index contributed by atoms with van der Waals surface area (Å²) < 4.78 is 19.7. The molecule has 38 heavy (non-hydrogen) atoms. The van der Waals surface area contributed by atoms with Crippen LogP contribution in [0.4, 0.5) is 10.1 Å². The summed E-state index contributed by atoms with van der Waals surface area (Å²) in [4.78, 5) is 15.2. The largest absolute Gasteiger partial charge is 0.489 e. The van der Waals surface area contributed by atoms with Gasteiger partial charge >= 0.3 is 0 Å². The number of Topliss-reactive ketones (excluding diaryl/α,β-unsaturated/α-hetero) is 1. The number of allylic oxidation sites excluding steroid dienone is 3. The predicted molar refractivity (Wildman–Crippen MR) is 146 cm³/mol. The number of ketones is 1. The molecule has 5 nitrogen and oxygen atoms in total. The summed E-state index contributed by atoms with van der Waals surface area (Å²) in [6.45, 7) is 4.31. The van der Waals surface area contributed by atoms with Crippen LogP contribution in [-0.4, -0.2) is 5.78 Å². The van der Waals surface area contributed by atoms with Crippen molar-refractivity contribution in [3.8, 4) is 11.8 Å². The fourth-order valence-electron chi connectivity index (χ4n) is 5.36. The Kier molecular flexibility index (Phi) is 6.96. The maximum Gasteiger partial charge on any atom is 0.161 e. The average molecular weight is 528 g/mol. The van der Waals surface area contributed by atoms with E-state index in [0.717, 1.165) is 28.0 Å². The highest BCUT2D eigenvalue weighted by atomic mass is 35.5. The van der Waals surface area contributed by atoms with Crippen molar-refractivity contribution in [3.05, 3.63) is 116 Å². The lowest BCUT2D eigenvalue weighted by atomic mass is 9.74. The maximum atomic E-state index is 13.7. The molecule has 1 unspecified atom stereocenters. The van der Waals surface area contributed by atoms with Crippen LogP contribution in [0.5, 0.6) is 5.75 Å². The van der Waals surface area contributed by atoms with E-state index in [1.54, 1.807) is 29.2 Å². The monoisotopic (exact) mass is 527 g/mol. The van der Waals surface area contributed by atoms with Gasteiger partial charge in [0.15, 0.2) is 5.78 Å². The SMILES string of the molecule is Cc1cc(C)c(C2C(C#N)=C(N)N(c3ccc(F)cc3)C3=C2C(=O)CCC3)cc1COc1ccc(Cl)cc1. The van der Waals surface area contributed by atoms with Crippen molar-refractivity contribution >= 4 is 23.1 Å². The number of nitriles is 1. The van der Waals surface area contributed by atoms with E-state index in [1.165, 1.54) is 12.1 Å². The summed E-state index contributed by atoms with van der Waals surface area (Å²) in [7, 11) is 0. The molecule has 5 rings (SSSR count). The van der Waals surface area contributed by atoms with Crippen LogP contribution in [0.3, 0.4) is 0 Å². The zero-order valence-corrected chi connectivity index (χ0v) is 22.0. The Morgan fingerprint density at radius 3 is 2.47 bits per heavy atom. The normalized spacial score (nSPS) is 17.4. The van der Waals surface area contributed by atoms with Gasteiger partial charge < -0.3 is 10.5 Å². The fourth-order valence-corrected chi connectivity index (χ4v) is 5.48. The molecule has 3 aromatic rings. The smallest absolute Gasteiger partial charge is 0.161 e. The molecule has 0 saturated carbocycles. The third kappa shape index (κ3) is 4.66. The van der Waals surface area contributed by atoms with Gasteiger partial charge in [-0.1, -0.05) is 23.7 Å². The first-order valence-corrected chi connectivity index (χ1v) is 12.9. The quantitative estimate of drug-likeness (QED) is 0.387. The number of rotatable bonds is 5. The number of carbonyl (C=O) groups is 1. The van der Waals surface area contributed by atoms with E-state index in [9.17, 15) is 14.4 Å². The molecule has 1 aliphatic carbocycles. The first kappa shape index (κ1) is 25.6. The van der Waals surface area contributed by atoms with Crippen LogP contribution in [0.2, 0.25) is 5.02 Å². The van der Waals surface area contributed by atoms with Crippen LogP contribution >= 0.6 is 11.6 Å². The van der Waals surface area contributed by atoms with Gasteiger partial charge in [-0.15, -0.1) is 0 Å². The van der Waals surface area contributed by atoms with Gasteiger partial charge in [0.2, 0.25) is 0 Å². The highest BCUT2D eigenvalue weighted by Crippen LogP contribution is 2.47. The molecule has 1 heterocycles. The van der Waals surface area contributed by atoms with Crippen molar-refractivity contribution in [1.82, 2.24) is 0 Å². The third-order valence-corrected chi connectivity index (χ3v) is 7.49. The zero-order valence-electron chi connectivity index (χ0n) is 21.2. The second kappa shape index (κ2) is 10.4. The van der Waals surface area contributed by atoms with Crippen molar-refractivity contribution in [2.24, 2.45) is 5.73 Å². The number of nitrogens with zero attached hydrogens (tertiary/aromatic N) is 2. The standard InChI is InChI=1S/C31H27ClFN3O2/c1-18-14-19(2)25(15-20(18)17-38-24-12-6-21(32)7-13-24)29-26(16-34)31(35)36(23-10-8-22(33)9-11-23)27-4-3-5-28(37)30(27)29/h6-15,29H,3-5,17,35H2,1-2H3. The van der Waals surface area contributed by atoms with Crippen LogP contribution in [0.15, 0.2) is 83.3 Å². The molecule has 0 saturated heterocycles. The van der Waals surface area contributed by atoms with Gasteiger partial charge in [-0.2, -0.15) is 5.26 Å². The van der Waals surface area contributed by atoms with E-state index in [-0.39, 0.29) is 17.4 Å². The number of hydrogen-bond donors (Lipinski definition) is 1. The lowest BCUT2D eigenvalue weighted by molar-refractivity contribution is -0.116. The van der Waals surface area contributed by atoms with E-state index < -0.39 is 5.92 Å². The summed E-state index contributed by atoms with van der Waals surface area (Å²) in [5.74, 6) is -0.00415. The number of aryl methyl sites for hydroxylation is 2. The highest BCUT2D eigenvalue weighted by molar-refractivity contribution is 6.30. The molecular weight excluding hydrogens is 501 g/mol. The van der Waals surface area contributed by atoms with Crippen molar-refractivity contribution in [2.75, 3.05) is 4.90 Å². The van der Waals surface area contributed by atoms with E-state index in [1.807, 2.05) is 32.0 Å². The highest BCUT2D eigenvalue weighted by Gasteiger charge is 2.41. The summed E-state index contributed by atoms with van der Waals surface area (Å²) in [6, 6.07) is 19.5. The lowest BCUT2D eigenvalue weighted by Crippen LogP contribution is -2.39. The number of hydrogen-bond acceptors (Lipinski definition) is 5. The summed E-state index contributed by atoms with van der Waals surface area (Å²) >= 11 is 5.99. The Bertz CT molecular complexity index is 1520. The minimum atomic E-state index is -0.589. The lowest BCUT2D eigenvalue weighted by Gasteiger charge is -2.40. The number of nitrogens with two attached hydrogens (primary N) is 1. The minimum absolute atomic E-state index is 0.00236. The minimum Gasteiger partial charge on any atom is -0.489 e. The molecule has 0 bridgehead atoms. The first-order valence-electron chi connectivity index (χ1n) is 12.5. The van der Waals surface area contributed by atoms with Crippen LogP contribution in [0, 0.1) is 31.0 Å². The van der Waals surface area contributed by atoms with E-state index >= 15 is 0 Å². The third-order valence-electron chi connectivity index (χ3n) is 7.24. The van der Waals surface area contributed by atoms with Crippen molar-refractivity contribution in [3.63, 3.8) is 0 Å². The van der Waals surface area contributed by atoms with Gasteiger partial charge in [0.05, 0.1) is 17.6 Å². The number of carbonyl (C=O) groups excluding carboxylic acids is 1. The number of ether oxygens (including phenoxy) is 1. The molecule has 7 heteroatoms. The predicted octanol–water partition coefficient (Wildman–Crippen LogP) is 6.98. The van der Waals surface area contributed by atoms with Crippen molar-refractivity contribution in [2.45, 2.75) is 45.6 Å². The topological polar surface area (TPSA) is 79.4 Å². The Labute approximate surface area is 226 Å². The number of halogens is 2. The second-order valence-corrected chi connectivity index (χ2v) is 10.1. The van der Waals surface area contributed by atoms with E-state index in [0.29, 0.717) is 53.5 Å². The summed E-state index contributed by atoms with van der Waals surface area (Å²) in [6.07, 6.45) is 1.72. The molecular formula is C31H27ClFN3O2. The zero-order chi connectivity index (χ0) is 27.0. The molecule has 192 valence electrons. The average Bonchev–Trinajstić information content (AvgIpc) is 2.90. The maximum absolute atomic E-state index is 13.7. The Morgan fingerprint density at radius 2 is 1.79 bits per heavy atom. The van der Waals surface area contributed by atoms with Gasteiger partial charge in [0.25, 0.3) is 0 Å². The Hall–Kier alpha value is -4.08. The number of anilines is 1. The van der Waals surface area contributed by atoms with Crippen molar-refractivity contribution < 1.29 is 13.9 Å². The van der Waals surface area contributed by atoms with Crippen molar-refractivity contribution in [1.29, 1.82) is 5.26 Å². The Balaban J connectivity index is 1.61. The molecule has 0 amide bonds. The molecule has 0 fully saturated rings. The van der Waals surface area contributed by atoms with Gasteiger partial charge in [-0.3, -0.25) is 9.69 Å². The van der Waals surface area contributed by atoms with E-state index in [4.69, 9.17) is 22.1 Å². The van der Waals surface area contributed by atoms with Crippen LogP contribution in [-0.2, 0) is 11.4 Å². The van der Waals surface area contributed by atoms with Gasteiger partial charge in [0.1, 0.15) is 24.0 Å². The van der Waals surface area contributed by atoms with E-state index in [2.05, 4.69) is 12.1 Å². The second-order valence-electron chi connectivity index (χ2n) is 9.67. The number of benzene rings is 3. The van der Waals surface area contributed by atoms with Crippen LogP contribution < -0.4 is 15.4 Å². The molecule has 0 radical (unpaired) electrons. The van der Waals surface area contributed by atoms with Crippen LogP contribution in [0.25, 0.3) is 0 Å². The van der Waals surface area contributed by atoms with Gasteiger partial charge in [0, 0.05) is 28.4 Å². The van der Waals surface area contributed by atoms with Crippen LogP contribution in [0.1, 0.15) is 47.4 Å².